The van der Waals surface area contributed by atoms with Crippen molar-refractivity contribution in [3.63, 3.8) is 0 Å². The Bertz CT molecular complexity index is 431. The standard InChI is InChI=1S/C16H23NO2/c1-2-19-13-8-6-7-12(11-13)16(18)14-9-4-3-5-10-15(14)17/h6-8,11,14-15H,2-5,9-10,17H2,1H3. The van der Waals surface area contributed by atoms with E-state index in [1.165, 1.54) is 6.42 Å². The topological polar surface area (TPSA) is 52.3 Å². The fourth-order valence-electron chi connectivity index (χ4n) is 2.78. The monoisotopic (exact) mass is 261 g/mol. The van der Waals surface area contributed by atoms with E-state index < -0.39 is 0 Å². The summed E-state index contributed by atoms with van der Waals surface area (Å²) in [4.78, 5) is 12.6. The van der Waals surface area contributed by atoms with E-state index in [1.54, 1.807) is 0 Å². The van der Waals surface area contributed by atoms with Gasteiger partial charge in [0.25, 0.3) is 0 Å². The lowest BCUT2D eigenvalue weighted by Gasteiger charge is -2.20. The molecule has 0 spiro atoms. The maximum atomic E-state index is 12.6. The summed E-state index contributed by atoms with van der Waals surface area (Å²) in [6.45, 7) is 2.55. The highest BCUT2D eigenvalue weighted by molar-refractivity contribution is 5.98. The molecule has 2 unspecified atom stereocenters. The predicted molar refractivity (Wildman–Crippen MR) is 76.5 cm³/mol. The lowest BCUT2D eigenvalue weighted by Crippen LogP contribution is -2.34. The summed E-state index contributed by atoms with van der Waals surface area (Å²) in [7, 11) is 0. The van der Waals surface area contributed by atoms with Crippen LogP contribution >= 0.6 is 0 Å². The molecular formula is C16H23NO2. The molecule has 0 amide bonds. The van der Waals surface area contributed by atoms with Crippen molar-refractivity contribution in [2.75, 3.05) is 6.61 Å². The Morgan fingerprint density at radius 1 is 1.32 bits per heavy atom. The van der Waals surface area contributed by atoms with Crippen molar-refractivity contribution in [1.29, 1.82) is 0 Å². The fourth-order valence-corrected chi connectivity index (χ4v) is 2.78. The number of benzene rings is 1. The number of Topliss-reactive ketones (excluding diaryl/α,β-unsaturated/α-hetero) is 1. The molecule has 0 heterocycles. The fraction of sp³-hybridized carbons (Fsp3) is 0.562. The number of rotatable bonds is 4. The zero-order valence-electron chi connectivity index (χ0n) is 11.6. The van der Waals surface area contributed by atoms with Crippen molar-refractivity contribution in [3.8, 4) is 5.75 Å². The Morgan fingerprint density at radius 3 is 2.89 bits per heavy atom. The Kier molecular flexibility index (Phi) is 4.97. The Labute approximate surface area is 115 Å². The first kappa shape index (κ1) is 14.1. The molecule has 1 aromatic rings. The van der Waals surface area contributed by atoms with Crippen LogP contribution in [0.25, 0.3) is 0 Å². The van der Waals surface area contributed by atoms with Crippen molar-refractivity contribution in [2.24, 2.45) is 11.7 Å². The van der Waals surface area contributed by atoms with Gasteiger partial charge in [0.15, 0.2) is 5.78 Å². The van der Waals surface area contributed by atoms with Gasteiger partial charge in [0, 0.05) is 17.5 Å². The molecule has 104 valence electrons. The zero-order valence-corrected chi connectivity index (χ0v) is 11.6. The van der Waals surface area contributed by atoms with E-state index in [-0.39, 0.29) is 17.7 Å². The highest BCUT2D eigenvalue weighted by atomic mass is 16.5. The molecule has 0 bridgehead atoms. The number of carbonyl (C=O) groups is 1. The summed E-state index contributed by atoms with van der Waals surface area (Å²) in [5, 5.41) is 0. The Morgan fingerprint density at radius 2 is 2.11 bits per heavy atom. The number of ether oxygens (including phenoxy) is 1. The maximum Gasteiger partial charge on any atom is 0.167 e. The Hall–Kier alpha value is -1.35. The van der Waals surface area contributed by atoms with E-state index in [9.17, 15) is 4.79 Å². The van der Waals surface area contributed by atoms with Crippen LogP contribution in [0, 0.1) is 5.92 Å². The van der Waals surface area contributed by atoms with Gasteiger partial charge in [-0.15, -0.1) is 0 Å². The summed E-state index contributed by atoms with van der Waals surface area (Å²) in [5.74, 6) is 0.908. The van der Waals surface area contributed by atoms with Crippen molar-refractivity contribution in [1.82, 2.24) is 0 Å². The summed E-state index contributed by atoms with van der Waals surface area (Å²) >= 11 is 0. The number of nitrogens with two attached hydrogens (primary N) is 1. The molecule has 0 saturated heterocycles. The van der Waals surface area contributed by atoms with Gasteiger partial charge in [-0.1, -0.05) is 31.4 Å². The summed E-state index contributed by atoms with van der Waals surface area (Å²) in [6, 6.07) is 7.46. The van der Waals surface area contributed by atoms with E-state index in [4.69, 9.17) is 10.5 Å². The molecule has 2 rings (SSSR count). The van der Waals surface area contributed by atoms with Gasteiger partial charge in [-0.05, 0) is 31.9 Å². The zero-order chi connectivity index (χ0) is 13.7. The molecule has 1 aromatic carbocycles. The van der Waals surface area contributed by atoms with Gasteiger partial charge >= 0.3 is 0 Å². The highest BCUT2D eigenvalue weighted by Gasteiger charge is 2.27. The number of hydrogen-bond acceptors (Lipinski definition) is 3. The predicted octanol–water partition coefficient (Wildman–Crippen LogP) is 3.18. The number of ketones is 1. The first-order valence-electron chi connectivity index (χ1n) is 7.25. The van der Waals surface area contributed by atoms with Gasteiger partial charge in [0.2, 0.25) is 0 Å². The van der Waals surface area contributed by atoms with Gasteiger partial charge in [-0.2, -0.15) is 0 Å². The first-order chi connectivity index (χ1) is 9.22. The molecule has 19 heavy (non-hydrogen) atoms. The number of hydrogen-bond donors (Lipinski definition) is 1. The molecule has 2 atom stereocenters. The van der Waals surface area contributed by atoms with Crippen LogP contribution in [-0.4, -0.2) is 18.4 Å². The third-order valence-corrected chi connectivity index (χ3v) is 3.84. The second-order valence-corrected chi connectivity index (χ2v) is 5.23. The molecule has 3 heteroatoms. The van der Waals surface area contributed by atoms with E-state index in [2.05, 4.69) is 0 Å². The molecule has 3 nitrogen and oxygen atoms in total. The van der Waals surface area contributed by atoms with E-state index >= 15 is 0 Å². The van der Waals surface area contributed by atoms with Crippen LogP contribution in [0.5, 0.6) is 5.75 Å². The minimum absolute atomic E-state index is 0.00532. The first-order valence-corrected chi connectivity index (χ1v) is 7.25. The summed E-state index contributed by atoms with van der Waals surface area (Å²) in [6.07, 6.45) is 5.32. The molecule has 1 aliphatic carbocycles. The van der Waals surface area contributed by atoms with Crippen LogP contribution in [0.3, 0.4) is 0 Å². The highest BCUT2D eigenvalue weighted by Crippen LogP contribution is 2.26. The van der Waals surface area contributed by atoms with Crippen LogP contribution in [0.1, 0.15) is 49.4 Å². The second kappa shape index (κ2) is 6.71. The maximum absolute atomic E-state index is 12.6. The molecule has 1 fully saturated rings. The smallest absolute Gasteiger partial charge is 0.167 e. The summed E-state index contributed by atoms with van der Waals surface area (Å²) < 4.78 is 5.45. The van der Waals surface area contributed by atoms with Gasteiger partial charge in [0.05, 0.1) is 6.61 Å². The minimum atomic E-state index is -0.0284. The van der Waals surface area contributed by atoms with E-state index in [1.807, 2.05) is 31.2 Å². The van der Waals surface area contributed by atoms with Crippen molar-refractivity contribution in [3.05, 3.63) is 29.8 Å². The van der Waals surface area contributed by atoms with Gasteiger partial charge in [-0.3, -0.25) is 4.79 Å². The molecular weight excluding hydrogens is 238 g/mol. The van der Waals surface area contributed by atoms with E-state index in [0.29, 0.717) is 6.61 Å². The molecule has 0 aliphatic heterocycles. The van der Waals surface area contributed by atoms with Crippen molar-refractivity contribution >= 4 is 5.78 Å². The molecule has 1 aliphatic rings. The molecule has 0 aromatic heterocycles. The van der Waals surface area contributed by atoms with Crippen LogP contribution in [-0.2, 0) is 0 Å². The largest absolute Gasteiger partial charge is 0.494 e. The second-order valence-electron chi connectivity index (χ2n) is 5.23. The third kappa shape index (κ3) is 3.57. The van der Waals surface area contributed by atoms with Crippen molar-refractivity contribution < 1.29 is 9.53 Å². The SMILES string of the molecule is CCOc1cccc(C(=O)C2CCCCCC2N)c1. The molecule has 1 saturated carbocycles. The van der Waals surface area contributed by atoms with Gasteiger partial charge in [-0.25, -0.2) is 0 Å². The lowest BCUT2D eigenvalue weighted by molar-refractivity contribution is 0.0894. The van der Waals surface area contributed by atoms with E-state index in [0.717, 1.165) is 37.0 Å². The average Bonchev–Trinajstić information content (AvgIpc) is 2.63. The third-order valence-electron chi connectivity index (χ3n) is 3.84. The normalized spacial score (nSPS) is 23.7. The minimum Gasteiger partial charge on any atom is -0.494 e. The van der Waals surface area contributed by atoms with Crippen LogP contribution in [0.2, 0.25) is 0 Å². The van der Waals surface area contributed by atoms with Crippen LogP contribution in [0.15, 0.2) is 24.3 Å². The van der Waals surface area contributed by atoms with Gasteiger partial charge < -0.3 is 10.5 Å². The number of carbonyl (C=O) groups excluding carboxylic acids is 1. The quantitative estimate of drug-likeness (QED) is 0.669. The van der Waals surface area contributed by atoms with Crippen molar-refractivity contribution in [2.45, 2.75) is 45.1 Å². The molecule has 2 N–H and O–H groups in total. The lowest BCUT2D eigenvalue weighted by atomic mass is 9.87. The average molecular weight is 261 g/mol. The Balaban J connectivity index is 2.15. The van der Waals surface area contributed by atoms with Gasteiger partial charge in [0.1, 0.15) is 5.75 Å². The van der Waals surface area contributed by atoms with Crippen LogP contribution < -0.4 is 10.5 Å². The molecule has 0 radical (unpaired) electrons. The summed E-state index contributed by atoms with van der Waals surface area (Å²) in [5.41, 5.74) is 6.89. The van der Waals surface area contributed by atoms with Crippen LogP contribution in [0.4, 0.5) is 0 Å².